The van der Waals surface area contributed by atoms with E-state index in [-0.39, 0.29) is 17.7 Å². The average Bonchev–Trinajstić information content (AvgIpc) is 3.60. The van der Waals surface area contributed by atoms with Gasteiger partial charge in [0.15, 0.2) is 17.1 Å². The number of aromatic amines is 1. The van der Waals surface area contributed by atoms with Crippen LogP contribution in [0.4, 0.5) is 0 Å². The van der Waals surface area contributed by atoms with E-state index in [1.807, 2.05) is 68.6 Å². The first-order valence-electron chi connectivity index (χ1n) is 13.2. The lowest BCUT2D eigenvalue weighted by Crippen LogP contribution is -2.46. The number of H-pyrrole nitrogens is 1. The third kappa shape index (κ3) is 5.50. The van der Waals surface area contributed by atoms with Crippen molar-refractivity contribution in [3.63, 3.8) is 0 Å². The molecule has 0 unspecified atom stereocenters. The van der Waals surface area contributed by atoms with Crippen LogP contribution in [0.3, 0.4) is 0 Å². The van der Waals surface area contributed by atoms with Crippen LogP contribution >= 0.6 is 0 Å². The summed E-state index contributed by atoms with van der Waals surface area (Å²) < 4.78 is 18.6. The highest BCUT2D eigenvalue weighted by Gasteiger charge is 2.20. The van der Waals surface area contributed by atoms with Crippen LogP contribution < -0.4 is 25.4 Å². The molecule has 0 amide bonds. The zero-order chi connectivity index (χ0) is 28.3. The number of para-hydroxylation sites is 1. The normalized spacial score (nSPS) is 12.8. The molecule has 11 heteroatoms. The van der Waals surface area contributed by atoms with Gasteiger partial charge in [-0.1, -0.05) is 37.3 Å². The number of nitrogens with one attached hydrogen (secondary N) is 1. The Labute approximate surface area is 236 Å². The van der Waals surface area contributed by atoms with Gasteiger partial charge in [0.25, 0.3) is 11.7 Å². The summed E-state index contributed by atoms with van der Waals surface area (Å²) in [5.41, 5.74) is 8.35. The van der Waals surface area contributed by atoms with E-state index >= 15 is 0 Å². The van der Waals surface area contributed by atoms with E-state index in [0.717, 1.165) is 30.3 Å². The van der Waals surface area contributed by atoms with Gasteiger partial charge >= 0.3 is 6.01 Å². The molecule has 5 N–H and O–H groups in total. The number of aliphatic imine (C=N–C) groups is 1. The molecule has 0 spiro atoms. The van der Waals surface area contributed by atoms with Gasteiger partial charge in [0.1, 0.15) is 28.7 Å². The topological polar surface area (TPSA) is 149 Å². The van der Waals surface area contributed by atoms with Crippen molar-refractivity contribution >= 4 is 22.8 Å². The summed E-state index contributed by atoms with van der Waals surface area (Å²) in [6.45, 7) is 3.64. The lowest BCUT2D eigenvalue weighted by Gasteiger charge is -2.15. The van der Waals surface area contributed by atoms with Crippen molar-refractivity contribution in [1.29, 1.82) is 0 Å². The van der Waals surface area contributed by atoms with Gasteiger partial charge < -0.3 is 24.1 Å². The number of hydrogen-bond donors (Lipinski definition) is 3. The minimum Gasteiger partial charge on any atom is -0.453 e. The molecule has 206 valence electrons. The lowest BCUT2D eigenvalue weighted by molar-refractivity contribution is -0.114. The van der Waals surface area contributed by atoms with Crippen molar-refractivity contribution in [1.82, 2.24) is 24.8 Å². The summed E-state index contributed by atoms with van der Waals surface area (Å²) in [5, 5.41) is 5.89. The van der Waals surface area contributed by atoms with Crippen LogP contribution in [0.5, 0.6) is 34.9 Å². The van der Waals surface area contributed by atoms with Crippen LogP contribution in [0.1, 0.15) is 23.9 Å². The van der Waals surface area contributed by atoms with Gasteiger partial charge in [-0.25, -0.2) is 4.98 Å². The Bertz CT molecular complexity index is 1770. The minimum absolute atomic E-state index is 0.0760. The van der Waals surface area contributed by atoms with Crippen molar-refractivity contribution in [2.24, 2.45) is 10.7 Å². The molecule has 3 heterocycles. The summed E-state index contributed by atoms with van der Waals surface area (Å²) in [7, 11) is 2.02. The third-order valence-corrected chi connectivity index (χ3v) is 6.50. The Morgan fingerprint density at radius 1 is 0.927 bits per heavy atom. The van der Waals surface area contributed by atoms with E-state index in [1.165, 1.54) is 0 Å². The lowest BCUT2D eigenvalue weighted by atomic mass is 10.2. The number of nitrogens with two attached hydrogens (primary N) is 2. The van der Waals surface area contributed by atoms with E-state index in [9.17, 15) is 0 Å². The molecule has 0 saturated carbocycles. The van der Waals surface area contributed by atoms with Crippen molar-refractivity contribution in [3.8, 4) is 34.9 Å². The maximum Gasteiger partial charge on any atom is 0.327 e. The highest BCUT2D eigenvalue weighted by atomic mass is 16.5. The summed E-state index contributed by atoms with van der Waals surface area (Å²) in [6, 6.07) is 22.3. The van der Waals surface area contributed by atoms with Gasteiger partial charge in [-0.2, -0.15) is 9.97 Å². The Morgan fingerprint density at radius 3 is 2.51 bits per heavy atom. The van der Waals surface area contributed by atoms with Gasteiger partial charge in [-0.3, -0.25) is 16.1 Å². The fraction of sp³-hybridized carbons (Fsp3) is 0.167. The predicted octanol–water partition coefficient (Wildman–Crippen LogP) is 3.45. The first kappa shape index (κ1) is 25.8. The molecule has 41 heavy (non-hydrogen) atoms. The highest BCUT2D eigenvalue weighted by molar-refractivity contribution is 6.00. The van der Waals surface area contributed by atoms with Gasteiger partial charge in [0, 0.05) is 31.6 Å². The van der Waals surface area contributed by atoms with E-state index in [2.05, 4.69) is 29.8 Å². The van der Waals surface area contributed by atoms with Crippen molar-refractivity contribution in [3.05, 3.63) is 89.7 Å². The quantitative estimate of drug-likeness (QED) is 0.187. The summed E-state index contributed by atoms with van der Waals surface area (Å²) >= 11 is 0. The second-order valence-electron chi connectivity index (χ2n) is 9.44. The van der Waals surface area contributed by atoms with E-state index in [0.29, 0.717) is 46.1 Å². The monoisotopic (exact) mass is 549 g/mol. The Kier molecular flexibility index (Phi) is 6.90. The van der Waals surface area contributed by atoms with Crippen molar-refractivity contribution < 1.29 is 19.6 Å². The number of amidine groups is 2. The number of aryl methyl sites for hydroxylation is 1. The highest BCUT2D eigenvalue weighted by Crippen LogP contribution is 2.37. The maximum absolute atomic E-state index is 6.36. The van der Waals surface area contributed by atoms with Crippen LogP contribution in [0.2, 0.25) is 0 Å². The number of ether oxygens (including phenoxy) is 3. The molecule has 1 aliphatic rings. The van der Waals surface area contributed by atoms with Gasteiger partial charge in [0.05, 0.1) is 12.1 Å². The molecule has 0 fully saturated rings. The third-order valence-electron chi connectivity index (χ3n) is 6.50. The molecular weight excluding hydrogens is 520 g/mol. The summed E-state index contributed by atoms with van der Waals surface area (Å²) in [5.74, 6) is 3.99. The molecule has 6 rings (SSSR count). The van der Waals surface area contributed by atoms with E-state index in [4.69, 9.17) is 25.4 Å². The zero-order valence-electron chi connectivity index (χ0n) is 22.7. The number of benzene rings is 3. The number of imidazole rings is 1. The van der Waals surface area contributed by atoms with Gasteiger partial charge in [-0.15, -0.1) is 0 Å². The van der Waals surface area contributed by atoms with Crippen LogP contribution in [-0.2, 0) is 6.42 Å². The molecule has 0 saturated heterocycles. The zero-order valence-corrected chi connectivity index (χ0v) is 22.7. The van der Waals surface area contributed by atoms with Crippen molar-refractivity contribution in [2.45, 2.75) is 13.3 Å². The van der Waals surface area contributed by atoms with Crippen molar-refractivity contribution in [2.75, 3.05) is 20.1 Å². The minimum atomic E-state index is 0.0760. The van der Waals surface area contributed by atoms with Crippen LogP contribution in [0.15, 0.2) is 77.8 Å². The summed E-state index contributed by atoms with van der Waals surface area (Å²) in [6.07, 6.45) is 0.667. The average molecular weight is 550 g/mol. The maximum atomic E-state index is 6.36. The summed E-state index contributed by atoms with van der Waals surface area (Å²) in [4.78, 5) is 23.7. The smallest absolute Gasteiger partial charge is 0.327 e. The van der Waals surface area contributed by atoms with Crippen LogP contribution in [-0.4, -0.2) is 56.6 Å². The number of likely N-dealkylation sites (N-methyl/N-ethyl adjacent to an activating group) is 1. The predicted molar refractivity (Wildman–Crippen MR) is 155 cm³/mol. The van der Waals surface area contributed by atoms with E-state index < -0.39 is 0 Å². The number of fused-ring (bicyclic) bond motifs is 1. The molecule has 0 radical (unpaired) electrons. The molecule has 0 aliphatic carbocycles. The SMILES string of the molecule is CCc1nc2nc(Oc3cccc(C4=NCCN4C)c3)nc(Oc3cc(C(N)=[NH2+])ccc3Oc3ccccc3)c2[nH]1. The number of rotatable bonds is 9. The molecule has 2 aromatic heterocycles. The molecular formula is C30H29N8O3+. The number of hydrogen-bond acceptors (Lipinski definition) is 8. The molecule has 3 aromatic carbocycles. The number of aromatic nitrogens is 4. The second-order valence-corrected chi connectivity index (χ2v) is 9.44. The fourth-order valence-corrected chi connectivity index (χ4v) is 4.41. The molecule has 11 nitrogen and oxygen atoms in total. The molecule has 0 bridgehead atoms. The van der Waals surface area contributed by atoms with Crippen LogP contribution in [0, 0.1) is 0 Å². The first-order chi connectivity index (χ1) is 20.0. The first-order valence-corrected chi connectivity index (χ1v) is 13.2. The second kappa shape index (κ2) is 11.0. The molecule has 5 aromatic rings. The Morgan fingerprint density at radius 2 is 1.76 bits per heavy atom. The van der Waals surface area contributed by atoms with E-state index in [1.54, 1.807) is 18.2 Å². The largest absolute Gasteiger partial charge is 0.453 e. The Hall–Kier alpha value is -5.45. The Balaban J connectivity index is 1.38. The fourth-order valence-electron chi connectivity index (χ4n) is 4.41. The van der Waals surface area contributed by atoms with Gasteiger partial charge in [-0.05, 0) is 36.4 Å². The standard InChI is InChI=1S/C30H28N8O3/c1-3-24-34-25-27(35-24)36-30(40-21-11-7-8-19(16-21)28-33-14-15-38(28)2)37-29(25)41-23-17-18(26(31)32)12-13-22(23)39-20-9-5-4-6-10-20/h4-13,16-17H,3,14-15H2,1-2H3,(H3,31,32)(H,34,35,36,37)/p+1. The molecule has 0 atom stereocenters. The molecule has 1 aliphatic heterocycles. The van der Waals surface area contributed by atoms with Gasteiger partial charge in [0.2, 0.25) is 0 Å². The van der Waals surface area contributed by atoms with Crippen LogP contribution in [0.25, 0.3) is 11.2 Å². The number of nitrogens with zero attached hydrogens (tertiary/aromatic N) is 5.